The molecule has 0 aliphatic carbocycles. The van der Waals surface area contributed by atoms with Crippen LogP contribution in [-0.4, -0.2) is 32.3 Å². The van der Waals surface area contributed by atoms with Crippen molar-refractivity contribution in [3.63, 3.8) is 0 Å². The van der Waals surface area contributed by atoms with Gasteiger partial charge in [-0.3, -0.25) is 0 Å². The third-order valence-corrected chi connectivity index (χ3v) is 1.80. The number of hydrogen-bond donors (Lipinski definition) is 0. The predicted octanol–water partition coefficient (Wildman–Crippen LogP) is -0.336. The van der Waals surface area contributed by atoms with Crippen LogP contribution in [0.4, 0.5) is 0 Å². The van der Waals surface area contributed by atoms with Crippen molar-refractivity contribution in [2.24, 2.45) is 4.99 Å². The van der Waals surface area contributed by atoms with E-state index in [4.69, 9.17) is 4.74 Å². The molecule has 1 aliphatic heterocycles. The molecule has 0 atom stereocenters. The minimum atomic E-state index is 0.634. The first-order valence-corrected chi connectivity index (χ1v) is 4.10. The van der Waals surface area contributed by atoms with E-state index in [1.807, 2.05) is 0 Å². The summed E-state index contributed by atoms with van der Waals surface area (Å²) in [5.41, 5.74) is 1.92. The Morgan fingerprint density at radius 2 is 2.83 bits per heavy atom. The van der Waals surface area contributed by atoms with Crippen LogP contribution in [0.2, 0.25) is 0 Å². The van der Waals surface area contributed by atoms with E-state index in [-0.39, 0.29) is 0 Å². The fraction of sp³-hybridized carbons (Fsp3) is 0.667. The Morgan fingerprint density at radius 3 is 3.00 bits per heavy atom. The SMILES string of the molecule is C1=NC[Se]CO1. The molecule has 0 spiro atoms. The summed E-state index contributed by atoms with van der Waals surface area (Å²) in [6.07, 6.45) is 1.53. The van der Waals surface area contributed by atoms with Crippen LogP contribution in [0.25, 0.3) is 0 Å². The van der Waals surface area contributed by atoms with E-state index in [1.54, 1.807) is 0 Å². The first kappa shape index (κ1) is 4.16. The van der Waals surface area contributed by atoms with E-state index < -0.39 is 0 Å². The van der Waals surface area contributed by atoms with E-state index in [1.165, 1.54) is 6.40 Å². The van der Waals surface area contributed by atoms with Gasteiger partial charge in [-0.1, -0.05) is 0 Å². The summed E-state index contributed by atoms with van der Waals surface area (Å²) < 4.78 is 4.81. The molecule has 1 aliphatic rings. The van der Waals surface area contributed by atoms with Crippen molar-refractivity contribution in [3.8, 4) is 0 Å². The normalized spacial score (nSPS) is 20.0. The summed E-state index contributed by atoms with van der Waals surface area (Å²) in [6.45, 7) is 0. The van der Waals surface area contributed by atoms with Gasteiger partial charge in [-0.2, -0.15) is 0 Å². The molecule has 0 aromatic heterocycles. The van der Waals surface area contributed by atoms with Gasteiger partial charge < -0.3 is 0 Å². The van der Waals surface area contributed by atoms with Crippen LogP contribution in [0.3, 0.4) is 0 Å². The minimum absolute atomic E-state index is 0.634. The number of ether oxygens (including phenoxy) is 1. The van der Waals surface area contributed by atoms with Crippen molar-refractivity contribution in [2.45, 2.75) is 0 Å². The van der Waals surface area contributed by atoms with Crippen molar-refractivity contribution >= 4 is 21.4 Å². The van der Waals surface area contributed by atoms with Crippen LogP contribution in [0, 0.1) is 0 Å². The van der Waals surface area contributed by atoms with E-state index in [2.05, 4.69) is 4.99 Å². The summed E-state index contributed by atoms with van der Waals surface area (Å²) in [7, 11) is 0. The third kappa shape index (κ3) is 0.994. The molecular weight excluding hydrogens is 145 g/mol. The fourth-order valence-corrected chi connectivity index (χ4v) is 1.09. The number of rotatable bonds is 0. The zero-order valence-corrected chi connectivity index (χ0v) is 4.97. The Bertz CT molecular complexity index is 55.8. The van der Waals surface area contributed by atoms with Crippen molar-refractivity contribution in [1.82, 2.24) is 0 Å². The van der Waals surface area contributed by atoms with Crippen LogP contribution in [-0.2, 0) is 4.74 Å². The monoisotopic (exact) mass is 151 g/mol. The average Bonchev–Trinajstić information content (AvgIpc) is 1.72. The average molecular weight is 150 g/mol. The Kier molecular flexibility index (Phi) is 1.53. The second-order valence-electron chi connectivity index (χ2n) is 0.906. The summed E-state index contributed by atoms with van der Waals surface area (Å²) in [5, 5.41) is 0. The second-order valence-corrected chi connectivity index (χ2v) is 2.80. The molecule has 0 fully saturated rings. The van der Waals surface area contributed by atoms with Crippen molar-refractivity contribution < 1.29 is 4.74 Å². The van der Waals surface area contributed by atoms with Crippen molar-refractivity contribution in [2.75, 3.05) is 10.9 Å². The molecule has 0 radical (unpaired) electrons. The second kappa shape index (κ2) is 2.21. The van der Waals surface area contributed by atoms with Gasteiger partial charge >= 0.3 is 42.0 Å². The number of nitrogens with zero attached hydrogens (tertiary/aromatic N) is 1. The van der Waals surface area contributed by atoms with E-state index in [0.29, 0.717) is 15.0 Å². The van der Waals surface area contributed by atoms with Gasteiger partial charge in [0.2, 0.25) is 0 Å². The van der Waals surface area contributed by atoms with Gasteiger partial charge in [0, 0.05) is 0 Å². The molecule has 3 heteroatoms. The summed E-state index contributed by atoms with van der Waals surface area (Å²) in [5.74, 6) is 0. The topological polar surface area (TPSA) is 21.6 Å². The number of hydrogen-bond acceptors (Lipinski definition) is 2. The zero-order valence-electron chi connectivity index (χ0n) is 3.26. The molecule has 0 unspecified atom stereocenters. The third-order valence-electron chi connectivity index (χ3n) is 0.466. The summed E-state index contributed by atoms with van der Waals surface area (Å²) in [4.78, 5) is 3.86. The molecule has 0 saturated heterocycles. The maximum atomic E-state index is 4.81. The van der Waals surface area contributed by atoms with Crippen LogP contribution >= 0.6 is 0 Å². The standard InChI is InChI=1S/C3H5NOSe/c1-4-2-6-3-5-1/h1H,2-3H2. The first-order valence-electron chi connectivity index (χ1n) is 1.68. The van der Waals surface area contributed by atoms with Gasteiger partial charge in [0.25, 0.3) is 0 Å². The summed E-state index contributed by atoms with van der Waals surface area (Å²) >= 11 is 0.634. The molecule has 0 aromatic carbocycles. The molecule has 1 rings (SSSR count). The summed E-state index contributed by atoms with van der Waals surface area (Å²) in [6, 6.07) is 0. The molecule has 0 N–H and O–H groups in total. The molecule has 34 valence electrons. The molecule has 0 amide bonds. The molecule has 0 aromatic rings. The molecule has 2 nitrogen and oxygen atoms in total. The Hall–Kier alpha value is -0.0105. The van der Waals surface area contributed by atoms with Gasteiger partial charge in [0.15, 0.2) is 0 Å². The number of aliphatic imine (C=N–C) groups is 1. The molecule has 1 heterocycles. The molecule has 0 saturated carbocycles. The van der Waals surface area contributed by atoms with E-state index in [9.17, 15) is 0 Å². The fourth-order valence-electron chi connectivity index (χ4n) is 0.252. The zero-order chi connectivity index (χ0) is 4.24. The Morgan fingerprint density at radius 1 is 1.83 bits per heavy atom. The van der Waals surface area contributed by atoms with Crippen LogP contribution < -0.4 is 0 Å². The Labute approximate surface area is 42.8 Å². The Balaban J connectivity index is 2.26. The van der Waals surface area contributed by atoms with Crippen molar-refractivity contribution in [1.29, 1.82) is 0 Å². The molecular formula is C3H5NOSe. The predicted molar refractivity (Wildman–Crippen MR) is 25.1 cm³/mol. The molecule has 6 heavy (non-hydrogen) atoms. The van der Waals surface area contributed by atoms with Gasteiger partial charge in [0.1, 0.15) is 0 Å². The van der Waals surface area contributed by atoms with Crippen LogP contribution in [0.15, 0.2) is 4.99 Å². The van der Waals surface area contributed by atoms with E-state index >= 15 is 0 Å². The molecule has 0 bridgehead atoms. The first-order chi connectivity index (χ1) is 3.00. The van der Waals surface area contributed by atoms with E-state index in [0.717, 1.165) is 10.9 Å². The van der Waals surface area contributed by atoms with Gasteiger partial charge in [-0.15, -0.1) is 0 Å². The van der Waals surface area contributed by atoms with Gasteiger partial charge in [-0.05, 0) is 0 Å². The van der Waals surface area contributed by atoms with Gasteiger partial charge in [0.05, 0.1) is 0 Å². The van der Waals surface area contributed by atoms with Crippen LogP contribution in [0.1, 0.15) is 0 Å². The maximum absolute atomic E-state index is 4.81. The van der Waals surface area contributed by atoms with Crippen molar-refractivity contribution in [3.05, 3.63) is 0 Å². The quantitative estimate of drug-likeness (QED) is 0.433. The van der Waals surface area contributed by atoms with Gasteiger partial charge in [-0.25, -0.2) is 0 Å². The van der Waals surface area contributed by atoms with Crippen LogP contribution in [0.5, 0.6) is 0 Å².